The number of sulfonamides is 1. The van der Waals surface area contributed by atoms with E-state index in [4.69, 9.17) is 0 Å². The molecule has 1 amide bonds. The first-order chi connectivity index (χ1) is 9.34. The predicted molar refractivity (Wildman–Crippen MR) is 78.7 cm³/mol. The van der Waals surface area contributed by atoms with Crippen molar-refractivity contribution in [3.63, 3.8) is 0 Å². The zero-order valence-electron chi connectivity index (χ0n) is 12.0. The van der Waals surface area contributed by atoms with Gasteiger partial charge in [-0.3, -0.25) is 4.79 Å². The fraction of sp³-hybridized carbons (Fsp3) is 0.500. The molecule has 1 aromatic carbocycles. The number of anilines is 1. The van der Waals surface area contributed by atoms with Gasteiger partial charge in [0.25, 0.3) is 0 Å². The van der Waals surface area contributed by atoms with Crippen LogP contribution in [0.1, 0.15) is 25.8 Å². The van der Waals surface area contributed by atoms with Crippen LogP contribution in [-0.2, 0) is 21.4 Å². The summed E-state index contributed by atoms with van der Waals surface area (Å²) in [5.41, 5.74) is 1.51. The monoisotopic (exact) mass is 296 g/mol. The van der Waals surface area contributed by atoms with Crippen molar-refractivity contribution in [3.8, 4) is 0 Å². The Labute approximate surface area is 120 Å². The Balaban J connectivity index is 2.51. The lowest BCUT2D eigenvalue weighted by Crippen LogP contribution is -2.48. The number of para-hydroxylation sites is 1. The molecule has 0 saturated carbocycles. The molecule has 0 saturated heterocycles. The van der Waals surface area contributed by atoms with Gasteiger partial charge in [0.15, 0.2) is 0 Å². The lowest BCUT2D eigenvalue weighted by molar-refractivity contribution is -0.121. The summed E-state index contributed by atoms with van der Waals surface area (Å²) in [6, 6.07) is 6.64. The van der Waals surface area contributed by atoms with Gasteiger partial charge in [-0.1, -0.05) is 38.5 Å². The summed E-state index contributed by atoms with van der Waals surface area (Å²) in [5, 5.41) is 2.84. The highest BCUT2D eigenvalue weighted by molar-refractivity contribution is 7.88. The van der Waals surface area contributed by atoms with Gasteiger partial charge >= 0.3 is 0 Å². The SMILES string of the molecule is CC[C@H](C)[C@H]1C(=O)Nc2ccccc2CN1S(C)(=O)=O. The molecule has 1 aliphatic heterocycles. The molecule has 1 aliphatic rings. The second-order valence-electron chi connectivity index (χ2n) is 5.28. The Bertz CT molecular complexity index is 613. The number of hydrogen-bond acceptors (Lipinski definition) is 3. The van der Waals surface area contributed by atoms with Gasteiger partial charge in [-0.15, -0.1) is 0 Å². The highest BCUT2D eigenvalue weighted by Gasteiger charge is 2.38. The minimum atomic E-state index is -3.46. The normalized spacial score (nSPS) is 21.8. The van der Waals surface area contributed by atoms with Gasteiger partial charge in [-0.2, -0.15) is 4.31 Å². The van der Waals surface area contributed by atoms with E-state index in [9.17, 15) is 13.2 Å². The summed E-state index contributed by atoms with van der Waals surface area (Å²) in [6.07, 6.45) is 1.89. The van der Waals surface area contributed by atoms with Crippen molar-refractivity contribution in [3.05, 3.63) is 29.8 Å². The zero-order valence-corrected chi connectivity index (χ0v) is 12.8. The van der Waals surface area contributed by atoms with Gasteiger partial charge in [-0.25, -0.2) is 8.42 Å². The fourth-order valence-corrected chi connectivity index (χ4v) is 3.56. The van der Waals surface area contributed by atoms with Crippen LogP contribution < -0.4 is 5.32 Å². The Hall–Kier alpha value is -1.40. The van der Waals surface area contributed by atoms with Crippen molar-refractivity contribution in [2.45, 2.75) is 32.9 Å². The Morgan fingerprint density at radius 2 is 2.05 bits per heavy atom. The van der Waals surface area contributed by atoms with E-state index in [-0.39, 0.29) is 18.4 Å². The standard InChI is InChI=1S/C14H20N2O3S/c1-4-10(2)13-14(17)15-12-8-6-5-7-11(12)9-16(13)20(3,18)19/h5-8,10,13H,4,9H2,1-3H3,(H,15,17)/t10-,13-/m0/s1. The lowest BCUT2D eigenvalue weighted by atomic mass is 9.98. The molecule has 5 nitrogen and oxygen atoms in total. The number of nitrogens with one attached hydrogen (secondary N) is 1. The number of fused-ring (bicyclic) bond motifs is 1. The molecule has 0 unspecified atom stereocenters. The smallest absolute Gasteiger partial charge is 0.243 e. The molecule has 0 bridgehead atoms. The minimum Gasteiger partial charge on any atom is -0.324 e. The molecule has 1 aromatic rings. The van der Waals surface area contributed by atoms with Crippen LogP contribution in [0.25, 0.3) is 0 Å². The third-order valence-electron chi connectivity index (χ3n) is 3.79. The second-order valence-corrected chi connectivity index (χ2v) is 7.22. The van der Waals surface area contributed by atoms with Gasteiger partial charge in [0.2, 0.25) is 15.9 Å². The summed E-state index contributed by atoms with van der Waals surface area (Å²) in [7, 11) is -3.46. The lowest BCUT2D eigenvalue weighted by Gasteiger charge is -2.30. The van der Waals surface area contributed by atoms with Crippen LogP contribution in [0.3, 0.4) is 0 Å². The van der Waals surface area contributed by atoms with Crippen LogP contribution in [0.5, 0.6) is 0 Å². The van der Waals surface area contributed by atoms with E-state index in [1.54, 1.807) is 6.07 Å². The van der Waals surface area contributed by atoms with Crippen molar-refractivity contribution < 1.29 is 13.2 Å². The fourth-order valence-electron chi connectivity index (χ4n) is 2.47. The van der Waals surface area contributed by atoms with E-state index in [0.717, 1.165) is 18.2 Å². The molecule has 0 aromatic heterocycles. The van der Waals surface area contributed by atoms with Crippen LogP contribution in [-0.4, -0.2) is 30.9 Å². The number of nitrogens with zero attached hydrogens (tertiary/aromatic N) is 1. The summed E-state index contributed by atoms with van der Waals surface area (Å²) >= 11 is 0. The Morgan fingerprint density at radius 3 is 2.65 bits per heavy atom. The third-order valence-corrected chi connectivity index (χ3v) is 5.00. The van der Waals surface area contributed by atoms with Crippen LogP contribution in [0.4, 0.5) is 5.69 Å². The van der Waals surface area contributed by atoms with E-state index >= 15 is 0 Å². The van der Waals surface area contributed by atoms with Crippen molar-refractivity contribution in [2.24, 2.45) is 5.92 Å². The molecule has 1 N–H and O–H groups in total. The van der Waals surface area contributed by atoms with E-state index in [1.165, 1.54) is 4.31 Å². The van der Waals surface area contributed by atoms with Crippen molar-refractivity contribution in [2.75, 3.05) is 11.6 Å². The average Bonchev–Trinajstić information content (AvgIpc) is 2.53. The van der Waals surface area contributed by atoms with Gasteiger partial charge in [-0.05, 0) is 17.5 Å². The molecule has 110 valence electrons. The first-order valence-corrected chi connectivity index (χ1v) is 8.55. The third kappa shape index (κ3) is 2.86. The topological polar surface area (TPSA) is 66.5 Å². The van der Waals surface area contributed by atoms with Gasteiger partial charge in [0.05, 0.1) is 6.26 Å². The molecule has 0 aliphatic carbocycles. The van der Waals surface area contributed by atoms with E-state index < -0.39 is 16.1 Å². The molecule has 0 fully saturated rings. The van der Waals surface area contributed by atoms with E-state index in [0.29, 0.717) is 5.69 Å². The van der Waals surface area contributed by atoms with Crippen LogP contribution in [0.15, 0.2) is 24.3 Å². The predicted octanol–water partition coefficient (Wildman–Crippen LogP) is 1.81. The highest BCUT2D eigenvalue weighted by Crippen LogP contribution is 2.28. The zero-order chi connectivity index (χ0) is 14.9. The molecule has 0 radical (unpaired) electrons. The van der Waals surface area contributed by atoms with Crippen molar-refractivity contribution in [1.29, 1.82) is 0 Å². The number of carbonyl (C=O) groups excluding carboxylic acids is 1. The summed E-state index contributed by atoms with van der Waals surface area (Å²) in [5.74, 6) is -0.297. The van der Waals surface area contributed by atoms with Crippen LogP contribution in [0.2, 0.25) is 0 Å². The maximum absolute atomic E-state index is 12.4. The number of rotatable bonds is 3. The maximum atomic E-state index is 12.4. The number of amides is 1. The van der Waals surface area contributed by atoms with E-state index in [1.807, 2.05) is 32.0 Å². The summed E-state index contributed by atoms with van der Waals surface area (Å²) in [4.78, 5) is 12.4. The molecule has 0 spiro atoms. The van der Waals surface area contributed by atoms with Crippen molar-refractivity contribution in [1.82, 2.24) is 4.31 Å². The first kappa shape index (κ1) is 15.0. The van der Waals surface area contributed by atoms with Gasteiger partial charge in [0.1, 0.15) is 6.04 Å². The maximum Gasteiger partial charge on any atom is 0.243 e. The number of benzene rings is 1. The molecule has 20 heavy (non-hydrogen) atoms. The van der Waals surface area contributed by atoms with Gasteiger partial charge < -0.3 is 5.32 Å². The Kier molecular flexibility index (Phi) is 4.15. The van der Waals surface area contributed by atoms with Crippen molar-refractivity contribution >= 4 is 21.6 Å². The minimum absolute atomic E-state index is 0.0426. The van der Waals surface area contributed by atoms with E-state index in [2.05, 4.69) is 5.32 Å². The quantitative estimate of drug-likeness (QED) is 0.925. The molecular weight excluding hydrogens is 276 g/mol. The molecule has 1 heterocycles. The number of hydrogen-bond donors (Lipinski definition) is 1. The molecule has 2 atom stereocenters. The molecule has 2 rings (SSSR count). The summed E-state index contributed by atoms with van der Waals surface area (Å²) in [6.45, 7) is 4.08. The largest absolute Gasteiger partial charge is 0.324 e. The average molecular weight is 296 g/mol. The van der Waals surface area contributed by atoms with Gasteiger partial charge in [0, 0.05) is 12.2 Å². The molecule has 6 heteroatoms. The second kappa shape index (κ2) is 5.54. The Morgan fingerprint density at radius 1 is 1.40 bits per heavy atom. The number of carbonyl (C=O) groups is 1. The first-order valence-electron chi connectivity index (χ1n) is 6.70. The van der Waals surface area contributed by atoms with Crippen LogP contribution in [0, 0.1) is 5.92 Å². The summed E-state index contributed by atoms with van der Waals surface area (Å²) < 4.78 is 25.5. The highest BCUT2D eigenvalue weighted by atomic mass is 32.2. The van der Waals surface area contributed by atoms with Crippen LogP contribution >= 0.6 is 0 Å². The molecular formula is C14H20N2O3S.